The molecule has 0 radical (unpaired) electrons. The van der Waals surface area contributed by atoms with E-state index in [1.165, 1.54) is 6.42 Å². The van der Waals surface area contributed by atoms with Crippen LogP contribution in [0.3, 0.4) is 0 Å². The van der Waals surface area contributed by atoms with Gasteiger partial charge in [-0.15, -0.1) is 0 Å². The number of nitrogens with zero attached hydrogens (tertiary/aromatic N) is 2. The fourth-order valence-corrected chi connectivity index (χ4v) is 5.90. The van der Waals surface area contributed by atoms with Crippen LogP contribution in [0.2, 0.25) is 0 Å². The summed E-state index contributed by atoms with van der Waals surface area (Å²) < 4.78 is 0. The SMILES string of the molecule is CNC(C)C(=O)N[C@H](C(=O)N1CCCC1c1ccnc(-c2c[nH]c3ccccc23)c1)C1CCCCC1. The first-order valence-corrected chi connectivity index (χ1v) is 13.4. The Morgan fingerprint density at radius 2 is 1.89 bits per heavy atom. The highest BCUT2D eigenvalue weighted by Crippen LogP contribution is 2.37. The summed E-state index contributed by atoms with van der Waals surface area (Å²) in [5, 5.41) is 7.27. The van der Waals surface area contributed by atoms with E-state index in [-0.39, 0.29) is 29.8 Å². The quantitative estimate of drug-likeness (QED) is 0.456. The molecule has 2 aliphatic rings. The highest BCUT2D eigenvalue weighted by molar-refractivity contribution is 5.94. The largest absolute Gasteiger partial charge is 0.360 e. The number of fused-ring (bicyclic) bond motifs is 1. The Labute approximate surface area is 213 Å². The molecule has 1 saturated carbocycles. The Morgan fingerprint density at radius 1 is 1.08 bits per heavy atom. The highest BCUT2D eigenvalue weighted by Gasteiger charge is 2.39. The van der Waals surface area contributed by atoms with Gasteiger partial charge in [0.25, 0.3) is 0 Å². The maximum atomic E-state index is 14.0. The number of pyridine rings is 1. The van der Waals surface area contributed by atoms with Crippen LogP contribution in [0.5, 0.6) is 0 Å². The topological polar surface area (TPSA) is 90.1 Å². The Bertz CT molecular complexity index is 1220. The van der Waals surface area contributed by atoms with E-state index in [0.29, 0.717) is 0 Å². The summed E-state index contributed by atoms with van der Waals surface area (Å²) in [6.45, 7) is 2.55. The van der Waals surface area contributed by atoms with Crippen LogP contribution in [0.15, 0.2) is 48.8 Å². The molecule has 36 heavy (non-hydrogen) atoms. The van der Waals surface area contributed by atoms with Gasteiger partial charge in [-0.3, -0.25) is 14.6 Å². The fraction of sp³-hybridized carbons (Fsp3) is 0.483. The van der Waals surface area contributed by atoms with Crippen molar-refractivity contribution in [3.8, 4) is 11.3 Å². The van der Waals surface area contributed by atoms with Crippen molar-refractivity contribution in [1.29, 1.82) is 0 Å². The maximum absolute atomic E-state index is 14.0. The lowest BCUT2D eigenvalue weighted by atomic mass is 9.83. The minimum absolute atomic E-state index is 0.00540. The number of rotatable bonds is 7. The van der Waals surface area contributed by atoms with Gasteiger partial charge >= 0.3 is 0 Å². The first kappa shape index (κ1) is 24.5. The number of benzene rings is 1. The van der Waals surface area contributed by atoms with Crippen molar-refractivity contribution in [2.24, 2.45) is 5.92 Å². The average Bonchev–Trinajstić information content (AvgIpc) is 3.59. The van der Waals surface area contributed by atoms with Crippen molar-refractivity contribution in [3.05, 3.63) is 54.4 Å². The molecule has 190 valence electrons. The van der Waals surface area contributed by atoms with Gasteiger partial charge in [0.05, 0.1) is 17.8 Å². The van der Waals surface area contributed by atoms with E-state index in [4.69, 9.17) is 0 Å². The summed E-state index contributed by atoms with van der Waals surface area (Å²) >= 11 is 0. The third-order valence-corrected chi connectivity index (χ3v) is 8.08. The Kier molecular flexibility index (Phi) is 7.37. The number of carbonyl (C=O) groups is 2. The van der Waals surface area contributed by atoms with E-state index in [1.807, 2.05) is 42.4 Å². The van der Waals surface area contributed by atoms with Gasteiger partial charge in [-0.2, -0.15) is 0 Å². The third kappa shape index (κ3) is 4.89. The fourth-order valence-electron chi connectivity index (χ4n) is 5.90. The number of H-pyrrole nitrogens is 1. The van der Waals surface area contributed by atoms with Crippen LogP contribution >= 0.6 is 0 Å². The molecule has 5 rings (SSSR count). The molecule has 0 spiro atoms. The number of hydrogen-bond donors (Lipinski definition) is 3. The van der Waals surface area contributed by atoms with Gasteiger partial charge in [-0.05, 0) is 69.3 Å². The van der Waals surface area contributed by atoms with E-state index in [0.717, 1.165) is 72.8 Å². The Balaban J connectivity index is 1.41. The van der Waals surface area contributed by atoms with E-state index in [9.17, 15) is 9.59 Å². The molecule has 7 nitrogen and oxygen atoms in total. The average molecular weight is 488 g/mol. The Hall–Kier alpha value is -3.19. The molecular weight excluding hydrogens is 450 g/mol. The molecule has 3 N–H and O–H groups in total. The second-order valence-corrected chi connectivity index (χ2v) is 10.3. The molecule has 1 aliphatic carbocycles. The van der Waals surface area contributed by atoms with Crippen LogP contribution in [0, 0.1) is 5.92 Å². The first-order valence-electron chi connectivity index (χ1n) is 13.4. The van der Waals surface area contributed by atoms with Gasteiger partial charge in [0, 0.05) is 35.4 Å². The van der Waals surface area contributed by atoms with Crippen LogP contribution in [0.1, 0.15) is 63.5 Å². The highest BCUT2D eigenvalue weighted by atomic mass is 16.2. The van der Waals surface area contributed by atoms with Crippen molar-refractivity contribution >= 4 is 22.7 Å². The molecule has 1 aromatic carbocycles. The molecular formula is C29H37N5O2. The number of amides is 2. The zero-order valence-electron chi connectivity index (χ0n) is 21.3. The summed E-state index contributed by atoms with van der Waals surface area (Å²) in [4.78, 5) is 36.9. The molecule has 2 unspecified atom stereocenters. The standard InChI is InChI=1S/C29H37N5O2/c1-19(30-2)28(35)33-27(20-9-4-3-5-10-20)29(36)34-16-8-13-26(34)21-14-15-31-25(17-21)23-18-32-24-12-7-6-11-22(23)24/h6-7,11-12,14-15,17-20,26-27,30,32H,3-5,8-10,13,16H2,1-2H3,(H,33,35)/t19?,26?,27-/m0/s1. The zero-order chi connectivity index (χ0) is 25.1. The van der Waals surface area contributed by atoms with Crippen molar-refractivity contribution in [2.45, 2.75) is 70.0 Å². The summed E-state index contributed by atoms with van der Waals surface area (Å²) in [5.41, 5.74) is 4.16. The molecule has 3 atom stereocenters. The van der Waals surface area contributed by atoms with Crippen molar-refractivity contribution < 1.29 is 9.59 Å². The van der Waals surface area contributed by atoms with Crippen molar-refractivity contribution in [2.75, 3.05) is 13.6 Å². The number of aromatic nitrogens is 2. The van der Waals surface area contributed by atoms with Crippen molar-refractivity contribution in [3.63, 3.8) is 0 Å². The third-order valence-electron chi connectivity index (χ3n) is 8.08. The van der Waals surface area contributed by atoms with E-state index in [2.05, 4.69) is 38.8 Å². The lowest BCUT2D eigenvalue weighted by Crippen LogP contribution is -2.55. The number of carbonyl (C=O) groups excluding carboxylic acids is 2. The van der Waals surface area contributed by atoms with Gasteiger partial charge in [-0.25, -0.2) is 0 Å². The molecule has 1 aliphatic heterocycles. The van der Waals surface area contributed by atoms with E-state index in [1.54, 1.807) is 7.05 Å². The van der Waals surface area contributed by atoms with Crippen LogP contribution in [0.25, 0.3) is 22.2 Å². The number of para-hydroxylation sites is 1. The minimum atomic E-state index is -0.468. The molecule has 2 amide bonds. The summed E-state index contributed by atoms with van der Waals surface area (Å²) in [6, 6.07) is 11.6. The van der Waals surface area contributed by atoms with Gasteiger partial charge < -0.3 is 20.5 Å². The molecule has 7 heteroatoms. The summed E-state index contributed by atoms with van der Waals surface area (Å²) in [6.07, 6.45) is 11.2. The van der Waals surface area contributed by atoms with Gasteiger partial charge in [0.15, 0.2) is 0 Å². The van der Waals surface area contributed by atoms with Crippen LogP contribution in [-0.2, 0) is 9.59 Å². The number of hydrogen-bond acceptors (Lipinski definition) is 4. The predicted octanol–water partition coefficient (Wildman–Crippen LogP) is 4.57. The smallest absolute Gasteiger partial charge is 0.245 e. The maximum Gasteiger partial charge on any atom is 0.245 e. The second-order valence-electron chi connectivity index (χ2n) is 10.3. The van der Waals surface area contributed by atoms with Crippen LogP contribution < -0.4 is 10.6 Å². The van der Waals surface area contributed by atoms with Gasteiger partial charge in [-0.1, -0.05) is 37.5 Å². The molecule has 2 aromatic heterocycles. The molecule has 1 saturated heterocycles. The summed E-state index contributed by atoms with van der Waals surface area (Å²) in [5.74, 6) is 0.147. The molecule has 2 fully saturated rings. The second kappa shape index (κ2) is 10.8. The number of aromatic amines is 1. The van der Waals surface area contributed by atoms with Crippen molar-refractivity contribution in [1.82, 2.24) is 25.5 Å². The number of likely N-dealkylation sites (N-methyl/N-ethyl adjacent to an activating group) is 1. The van der Waals surface area contributed by atoms with Gasteiger partial charge in [0.1, 0.15) is 6.04 Å². The number of likely N-dealkylation sites (tertiary alicyclic amines) is 1. The van der Waals surface area contributed by atoms with Crippen LogP contribution in [-0.4, -0.2) is 52.4 Å². The summed E-state index contributed by atoms with van der Waals surface area (Å²) in [7, 11) is 1.77. The van der Waals surface area contributed by atoms with E-state index < -0.39 is 6.04 Å². The van der Waals surface area contributed by atoms with Crippen LogP contribution in [0.4, 0.5) is 0 Å². The molecule has 3 heterocycles. The minimum Gasteiger partial charge on any atom is -0.360 e. The predicted molar refractivity (Wildman–Crippen MR) is 142 cm³/mol. The van der Waals surface area contributed by atoms with Gasteiger partial charge in [0.2, 0.25) is 11.8 Å². The lowest BCUT2D eigenvalue weighted by Gasteiger charge is -2.35. The monoisotopic (exact) mass is 487 g/mol. The molecule has 0 bridgehead atoms. The molecule has 3 aromatic rings. The lowest BCUT2D eigenvalue weighted by molar-refractivity contribution is -0.139. The normalized spacial score (nSPS) is 20.4. The Morgan fingerprint density at radius 3 is 2.69 bits per heavy atom. The van der Waals surface area contributed by atoms with E-state index >= 15 is 0 Å². The number of nitrogens with one attached hydrogen (secondary N) is 3. The zero-order valence-corrected chi connectivity index (χ0v) is 21.3. The first-order chi connectivity index (χ1) is 17.6.